The first-order chi connectivity index (χ1) is 17.4. The van der Waals surface area contributed by atoms with Crippen LogP contribution in [-0.4, -0.2) is 74.9 Å². The summed E-state index contributed by atoms with van der Waals surface area (Å²) >= 11 is 0. The third-order valence-corrected chi connectivity index (χ3v) is 6.47. The Labute approximate surface area is 208 Å². The predicted molar refractivity (Wildman–Crippen MR) is 132 cm³/mol. The highest BCUT2D eigenvalue weighted by molar-refractivity contribution is 5.82. The number of rotatable bonds is 8. The third-order valence-electron chi connectivity index (χ3n) is 6.47. The first-order valence-corrected chi connectivity index (χ1v) is 11.8. The van der Waals surface area contributed by atoms with Gasteiger partial charge in [-0.25, -0.2) is 10.3 Å². The number of amides is 2. The molecule has 0 spiro atoms. The minimum Gasteiger partial charge on any atom is -0.489 e. The summed E-state index contributed by atoms with van der Waals surface area (Å²) in [5, 5.41) is 30.3. The van der Waals surface area contributed by atoms with E-state index in [0.29, 0.717) is 44.1 Å². The first kappa shape index (κ1) is 25.4. The van der Waals surface area contributed by atoms with Crippen LogP contribution in [0.4, 0.5) is 4.79 Å². The molecule has 0 bridgehead atoms. The molecule has 4 rings (SSSR count). The number of fused-ring (bicyclic) bond motifs is 1. The molecule has 1 fully saturated rings. The Morgan fingerprint density at radius 1 is 1.08 bits per heavy atom. The van der Waals surface area contributed by atoms with E-state index < -0.39 is 24.0 Å². The van der Waals surface area contributed by atoms with Crippen LogP contribution in [0, 0.1) is 12.8 Å². The van der Waals surface area contributed by atoms with E-state index in [2.05, 4.69) is 4.98 Å². The molecule has 2 amide bonds. The molecule has 0 radical (unpaired) electrons. The summed E-state index contributed by atoms with van der Waals surface area (Å²) in [5.74, 6) is -1.04. The number of ether oxygens (including phenoxy) is 1. The zero-order chi connectivity index (χ0) is 25.7. The van der Waals surface area contributed by atoms with Crippen LogP contribution in [0.5, 0.6) is 5.75 Å². The lowest BCUT2D eigenvalue weighted by Crippen LogP contribution is -2.51. The zero-order valence-corrected chi connectivity index (χ0v) is 20.0. The maximum Gasteiger partial charge on any atom is 0.407 e. The number of aliphatic hydroxyl groups is 1. The van der Waals surface area contributed by atoms with E-state index >= 15 is 0 Å². The molecule has 3 aromatic rings. The number of pyridine rings is 1. The van der Waals surface area contributed by atoms with Gasteiger partial charge in [0, 0.05) is 49.4 Å². The molecule has 2 atom stereocenters. The maximum atomic E-state index is 12.4. The molecule has 0 aliphatic carbocycles. The zero-order valence-electron chi connectivity index (χ0n) is 20.0. The number of hydrogen-bond acceptors (Lipinski definition) is 7. The summed E-state index contributed by atoms with van der Waals surface area (Å²) in [6.07, 6.45) is -2.15. The minimum atomic E-state index is -1.17. The van der Waals surface area contributed by atoms with Gasteiger partial charge in [0.25, 0.3) is 5.91 Å². The molecule has 2 unspecified atom stereocenters. The van der Waals surface area contributed by atoms with Gasteiger partial charge in [-0.1, -0.05) is 30.3 Å². The molecule has 36 heavy (non-hydrogen) atoms. The lowest BCUT2D eigenvalue weighted by molar-refractivity contribution is -0.138. The molecule has 2 heterocycles. The number of para-hydroxylation sites is 1. The standard InChI is InChI=1S/C26H30N4O6/c1-17-14-19(21-4-2-3-5-23(21)27-17)16-36-20-8-6-18(7-9-20)24(31)22(25(32)28-35)15-29-10-12-30(13-11-29)26(33)34/h2-9,14,22,24,31,35H,10-13,15-16H2,1H3,(H,28,32)(H,33,34). The van der Waals surface area contributed by atoms with E-state index in [9.17, 15) is 19.9 Å². The number of aromatic nitrogens is 1. The molecule has 4 N–H and O–H groups in total. The Morgan fingerprint density at radius 3 is 2.44 bits per heavy atom. The van der Waals surface area contributed by atoms with Crippen molar-refractivity contribution in [2.45, 2.75) is 19.6 Å². The summed E-state index contributed by atoms with van der Waals surface area (Å²) in [7, 11) is 0. The number of benzene rings is 2. The molecule has 10 nitrogen and oxygen atoms in total. The minimum absolute atomic E-state index is 0.174. The van der Waals surface area contributed by atoms with Gasteiger partial charge in [-0.3, -0.25) is 19.9 Å². The quantitative estimate of drug-likeness (QED) is 0.277. The van der Waals surface area contributed by atoms with Gasteiger partial charge in [0.2, 0.25) is 0 Å². The Morgan fingerprint density at radius 2 is 1.78 bits per heavy atom. The lowest BCUT2D eigenvalue weighted by atomic mass is 9.94. The smallest absolute Gasteiger partial charge is 0.407 e. The van der Waals surface area contributed by atoms with Gasteiger partial charge < -0.3 is 19.8 Å². The highest BCUT2D eigenvalue weighted by atomic mass is 16.5. The second-order valence-electron chi connectivity index (χ2n) is 8.90. The van der Waals surface area contributed by atoms with Crippen LogP contribution in [0.1, 0.15) is 22.9 Å². The Kier molecular flexibility index (Phi) is 7.99. The van der Waals surface area contributed by atoms with Crippen LogP contribution < -0.4 is 10.2 Å². The van der Waals surface area contributed by atoms with Crippen LogP contribution >= 0.6 is 0 Å². The van der Waals surface area contributed by atoms with E-state index in [0.717, 1.165) is 22.2 Å². The van der Waals surface area contributed by atoms with Crippen LogP contribution in [0.2, 0.25) is 0 Å². The number of hydrogen-bond donors (Lipinski definition) is 4. The largest absolute Gasteiger partial charge is 0.489 e. The SMILES string of the molecule is Cc1cc(COc2ccc(C(O)C(CN3CCN(C(=O)O)CC3)C(=O)NO)cc2)c2ccccc2n1. The van der Waals surface area contributed by atoms with Gasteiger partial charge in [0.15, 0.2) is 0 Å². The van der Waals surface area contributed by atoms with Crippen LogP contribution in [0.25, 0.3) is 10.9 Å². The summed E-state index contributed by atoms with van der Waals surface area (Å²) in [6, 6.07) is 16.7. The number of carbonyl (C=O) groups excluding carboxylic acids is 1. The molecule has 10 heteroatoms. The summed E-state index contributed by atoms with van der Waals surface area (Å²) in [6.45, 7) is 3.97. The molecule has 1 aliphatic heterocycles. The summed E-state index contributed by atoms with van der Waals surface area (Å²) in [5.41, 5.74) is 4.98. The predicted octanol–water partition coefficient (Wildman–Crippen LogP) is 2.57. The second kappa shape index (κ2) is 11.3. The normalized spacial score (nSPS) is 15.9. The molecule has 190 valence electrons. The number of carboxylic acid groups (broad SMARTS) is 1. The first-order valence-electron chi connectivity index (χ1n) is 11.8. The summed E-state index contributed by atoms with van der Waals surface area (Å²) in [4.78, 5) is 31.2. The topological polar surface area (TPSA) is 135 Å². The van der Waals surface area contributed by atoms with Crippen LogP contribution in [-0.2, 0) is 11.4 Å². The van der Waals surface area contributed by atoms with Crippen LogP contribution in [0.15, 0.2) is 54.6 Å². The number of piperazine rings is 1. The van der Waals surface area contributed by atoms with Crippen molar-refractivity contribution in [1.82, 2.24) is 20.3 Å². The van der Waals surface area contributed by atoms with Crippen molar-refractivity contribution in [1.29, 1.82) is 0 Å². The molecule has 0 saturated carbocycles. The van der Waals surface area contributed by atoms with Gasteiger partial charge in [0.05, 0.1) is 17.5 Å². The average Bonchev–Trinajstić information content (AvgIpc) is 2.90. The monoisotopic (exact) mass is 494 g/mol. The highest BCUT2D eigenvalue weighted by Gasteiger charge is 2.32. The van der Waals surface area contributed by atoms with Gasteiger partial charge >= 0.3 is 6.09 Å². The van der Waals surface area contributed by atoms with Gasteiger partial charge in [-0.15, -0.1) is 0 Å². The van der Waals surface area contributed by atoms with E-state index in [1.165, 1.54) is 4.90 Å². The maximum absolute atomic E-state index is 12.4. The third kappa shape index (κ3) is 5.91. The van der Waals surface area contributed by atoms with Crippen molar-refractivity contribution in [3.63, 3.8) is 0 Å². The number of nitrogens with one attached hydrogen (secondary N) is 1. The summed E-state index contributed by atoms with van der Waals surface area (Å²) < 4.78 is 5.98. The van der Waals surface area contributed by atoms with E-state index in [4.69, 9.17) is 9.84 Å². The lowest BCUT2D eigenvalue weighted by Gasteiger charge is -2.35. The Bertz CT molecular complexity index is 1210. The molecule has 1 saturated heterocycles. The second-order valence-corrected chi connectivity index (χ2v) is 8.90. The molecule has 1 aromatic heterocycles. The molecular formula is C26H30N4O6. The number of aryl methyl sites for hydroxylation is 1. The number of carbonyl (C=O) groups is 2. The Hall–Kier alpha value is -3.73. The highest BCUT2D eigenvalue weighted by Crippen LogP contribution is 2.27. The van der Waals surface area contributed by atoms with E-state index in [-0.39, 0.29) is 6.54 Å². The molecule has 1 aliphatic rings. The van der Waals surface area contributed by atoms with Crippen molar-refractivity contribution >= 4 is 22.9 Å². The number of hydroxylamine groups is 1. The van der Waals surface area contributed by atoms with Gasteiger partial charge in [-0.05, 0) is 36.8 Å². The van der Waals surface area contributed by atoms with E-state index in [1.807, 2.05) is 42.2 Å². The van der Waals surface area contributed by atoms with Crippen molar-refractivity contribution in [2.75, 3.05) is 32.7 Å². The fourth-order valence-electron chi connectivity index (χ4n) is 4.48. The van der Waals surface area contributed by atoms with Crippen molar-refractivity contribution in [3.05, 3.63) is 71.4 Å². The van der Waals surface area contributed by atoms with E-state index in [1.54, 1.807) is 29.7 Å². The van der Waals surface area contributed by atoms with Crippen LogP contribution in [0.3, 0.4) is 0 Å². The van der Waals surface area contributed by atoms with Crippen molar-refractivity contribution in [2.24, 2.45) is 5.92 Å². The fraction of sp³-hybridized carbons (Fsp3) is 0.346. The molecular weight excluding hydrogens is 464 g/mol. The van der Waals surface area contributed by atoms with Crippen molar-refractivity contribution in [3.8, 4) is 5.75 Å². The number of nitrogens with zero attached hydrogens (tertiary/aromatic N) is 3. The van der Waals surface area contributed by atoms with Crippen molar-refractivity contribution < 1.29 is 29.7 Å². The number of aliphatic hydroxyl groups excluding tert-OH is 1. The van der Waals surface area contributed by atoms with Gasteiger partial charge in [-0.2, -0.15) is 0 Å². The average molecular weight is 495 g/mol. The Balaban J connectivity index is 1.41. The van der Waals surface area contributed by atoms with Gasteiger partial charge in [0.1, 0.15) is 12.4 Å². The molecule has 2 aromatic carbocycles. The fourth-order valence-corrected chi connectivity index (χ4v) is 4.48.